The van der Waals surface area contributed by atoms with E-state index >= 15 is 0 Å². The smallest absolute Gasteiger partial charge is 0.550 e. The van der Waals surface area contributed by atoms with Crippen LogP contribution in [0.5, 0.6) is 0 Å². The number of carboxylic acid groups (broad SMARTS) is 1. The van der Waals surface area contributed by atoms with Crippen molar-refractivity contribution in [2.45, 2.75) is 6.92 Å². The van der Waals surface area contributed by atoms with Crippen LogP contribution in [-0.4, -0.2) is 5.97 Å². The Kier molecular flexibility index (Phi) is 24.8. The van der Waals surface area contributed by atoms with E-state index in [2.05, 4.69) is 0 Å². The molecule has 0 atom stereocenters. The van der Waals surface area contributed by atoms with Gasteiger partial charge in [0.05, 0.1) is 0 Å². The average Bonchev–Trinajstić information content (AvgIpc) is 0.811. The fraction of sp³-hybridized carbons (Fsp3) is 0.500. The van der Waals surface area contributed by atoms with Gasteiger partial charge in [-0.25, -0.2) is 0 Å². The van der Waals surface area contributed by atoms with Crippen molar-refractivity contribution in [3.63, 3.8) is 0 Å². The summed E-state index contributed by atoms with van der Waals surface area (Å²) in [6.45, 7) is 0.972. The number of hydrogen-bond acceptors (Lipinski definition) is 2. The number of carbonyl (C=O) groups excluding carboxylic acids is 1. The molecule has 0 heterocycles. The molecule has 0 saturated heterocycles. The Morgan fingerprint density at radius 3 is 1.67 bits per heavy atom. The molecule has 0 unspecified atom stereocenters. The summed E-state index contributed by atoms with van der Waals surface area (Å²) in [5, 5.41) is 8.89. The molecule has 0 spiro atoms. The maximum absolute atomic E-state index is 8.89. The van der Waals surface area contributed by atoms with E-state index in [1.807, 2.05) is 0 Å². The van der Waals surface area contributed by atoms with Gasteiger partial charge in [0.15, 0.2) is 0 Å². The summed E-state index contributed by atoms with van der Waals surface area (Å²) in [6, 6.07) is 0. The molecule has 41 valence electrons. The van der Waals surface area contributed by atoms with Crippen LogP contribution in [0.25, 0.3) is 0 Å². The summed E-state index contributed by atoms with van der Waals surface area (Å²) >= 11 is 0. The third-order valence-electron chi connectivity index (χ3n) is 0. The van der Waals surface area contributed by atoms with Gasteiger partial charge in [0.25, 0.3) is 0 Å². The van der Waals surface area contributed by atoms with Crippen LogP contribution in [0.4, 0.5) is 0 Å². The normalized spacial score (nSPS) is 4.17. The van der Waals surface area contributed by atoms with E-state index in [9.17, 15) is 0 Å². The molecule has 0 fully saturated rings. The first-order valence-electron chi connectivity index (χ1n) is 0.908. The van der Waals surface area contributed by atoms with Gasteiger partial charge in [-0.15, -0.1) is 0 Å². The van der Waals surface area contributed by atoms with E-state index < -0.39 is 5.97 Å². The molecule has 0 aliphatic heterocycles. The first-order valence-corrected chi connectivity index (χ1v) is 0.908. The summed E-state index contributed by atoms with van der Waals surface area (Å²) in [4.78, 5) is 8.89. The molecule has 0 bridgehead atoms. The second-order valence-electron chi connectivity index (χ2n) is 0.492. The van der Waals surface area contributed by atoms with Gasteiger partial charge in [0, 0.05) is 5.97 Å². The van der Waals surface area contributed by atoms with Crippen molar-refractivity contribution in [2.75, 3.05) is 0 Å². The molecule has 6 heavy (non-hydrogen) atoms. The molecule has 0 amide bonds. The molecule has 0 aliphatic rings. The van der Waals surface area contributed by atoms with Gasteiger partial charge in [-0.1, -0.05) is 0 Å². The molecule has 4 heteroatoms. The van der Waals surface area contributed by atoms with E-state index in [-0.39, 0.29) is 23.2 Å². The van der Waals surface area contributed by atoms with Gasteiger partial charge in [-0.05, 0) is 6.92 Å². The van der Waals surface area contributed by atoms with Gasteiger partial charge >= 0.3 is 17.1 Å². The third kappa shape index (κ3) is 13500. The molecule has 0 aromatic heterocycles. The van der Waals surface area contributed by atoms with E-state index in [0.29, 0.717) is 0 Å². The molecular formula is C2H7CuNO2+2. The molecule has 4 N–H and O–H groups in total. The summed E-state index contributed by atoms with van der Waals surface area (Å²) in [7, 11) is 0. The van der Waals surface area contributed by atoms with Crippen molar-refractivity contribution >= 4 is 5.97 Å². The molecule has 3 nitrogen and oxygen atoms in total. The number of rotatable bonds is 0. The van der Waals surface area contributed by atoms with E-state index in [1.165, 1.54) is 0 Å². The number of quaternary nitrogens is 1. The molecule has 0 aliphatic carbocycles. The monoisotopic (exact) mass is 140 g/mol. The van der Waals surface area contributed by atoms with Crippen LogP contribution in [-0.2, 0) is 21.9 Å². The van der Waals surface area contributed by atoms with Gasteiger partial charge in [0.2, 0.25) is 0 Å². The molecule has 0 saturated carbocycles. The minimum absolute atomic E-state index is 0. The zero-order valence-electron chi connectivity index (χ0n) is 3.62. The Morgan fingerprint density at radius 2 is 1.67 bits per heavy atom. The summed E-state index contributed by atoms with van der Waals surface area (Å²) in [5.41, 5.74) is 0. The van der Waals surface area contributed by atoms with Crippen molar-refractivity contribution in [1.29, 1.82) is 0 Å². The number of carbonyl (C=O) groups is 1. The van der Waals surface area contributed by atoms with E-state index in [1.54, 1.807) is 0 Å². The summed E-state index contributed by atoms with van der Waals surface area (Å²) < 4.78 is 0. The average molecular weight is 141 g/mol. The Labute approximate surface area is 46.8 Å². The van der Waals surface area contributed by atoms with Crippen LogP contribution in [0.2, 0.25) is 0 Å². The quantitative estimate of drug-likeness (QED) is 0.444. The Balaban J connectivity index is -0.0000000450. The van der Waals surface area contributed by atoms with Gasteiger partial charge in [0.1, 0.15) is 0 Å². The van der Waals surface area contributed by atoms with Crippen molar-refractivity contribution in [2.24, 2.45) is 0 Å². The van der Waals surface area contributed by atoms with Crippen molar-refractivity contribution in [3.05, 3.63) is 0 Å². The maximum Gasteiger partial charge on any atom is 2.00 e. The maximum atomic E-state index is 8.89. The van der Waals surface area contributed by atoms with Gasteiger partial charge in [-0.2, -0.15) is 0 Å². The van der Waals surface area contributed by atoms with Crippen LogP contribution in [0, 0.1) is 0 Å². The number of carboxylic acids is 1. The molecule has 1 radical (unpaired) electrons. The SMILES string of the molecule is CC(=O)[O-].[Cu+2].[NH4+]. The van der Waals surface area contributed by atoms with Crippen molar-refractivity contribution < 1.29 is 27.0 Å². The Morgan fingerprint density at radius 1 is 1.67 bits per heavy atom. The second-order valence-corrected chi connectivity index (χ2v) is 0.492. The number of aliphatic carboxylic acids is 1. The van der Waals surface area contributed by atoms with Crippen LogP contribution in [0.1, 0.15) is 6.92 Å². The first kappa shape index (κ1) is 16.8. The van der Waals surface area contributed by atoms with E-state index in [4.69, 9.17) is 9.90 Å². The number of hydrogen-bond donors (Lipinski definition) is 1. The standard InChI is InChI=1S/C2H4O2.Cu.H3N/c1-2(3)4;;/h1H3,(H,3,4);;1H3/q;+2;. The van der Waals surface area contributed by atoms with Gasteiger partial charge < -0.3 is 16.1 Å². The fourth-order valence-corrected chi connectivity index (χ4v) is 0. The van der Waals surface area contributed by atoms with E-state index in [0.717, 1.165) is 6.92 Å². The zero-order valence-corrected chi connectivity index (χ0v) is 4.56. The van der Waals surface area contributed by atoms with Crippen molar-refractivity contribution in [1.82, 2.24) is 6.15 Å². The fourth-order valence-electron chi connectivity index (χ4n) is 0. The second kappa shape index (κ2) is 8.87. The predicted octanol–water partition coefficient (Wildman–Crippen LogP) is -0.870. The third-order valence-corrected chi connectivity index (χ3v) is 0. The molecule has 0 aromatic rings. The molecular weight excluding hydrogens is 134 g/mol. The van der Waals surface area contributed by atoms with Crippen LogP contribution < -0.4 is 11.3 Å². The zero-order chi connectivity index (χ0) is 3.58. The first-order chi connectivity index (χ1) is 1.73. The molecule has 0 rings (SSSR count). The molecule has 0 aromatic carbocycles. The minimum Gasteiger partial charge on any atom is -0.550 e. The largest absolute Gasteiger partial charge is 2.00 e. The van der Waals surface area contributed by atoms with Crippen molar-refractivity contribution in [3.8, 4) is 0 Å². The predicted molar refractivity (Wildman–Crippen MR) is 16.7 cm³/mol. The Bertz CT molecular complexity index is 34.5. The summed E-state index contributed by atoms with van der Waals surface area (Å²) in [6.07, 6.45) is 0. The summed E-state index contributed by atoms with van der Waals surface area (Å²) in [5.74, 6) is -1.08. The Hall–Kier alpha value is -0.0505. The van der Waals surface area contributed by atoms with Crippen LogP contribution in [0.15, 0.2) is 0 Å². The topological polar surface area (TPSA) is 76.6 Å². The minimum atomic E-state index is -1.08. The van der Waals surface area contributed by atoms with Crippen LogP contribution >= 0.6 is 0 Å². The van der Waals surface area contributed by atoms with Crippen LogP contribution in [0.3, 0.4) is 0 Å². The van der Waals surface area contributed by atoms with Gasteiger partial charge in [-0.3, -0.25) is 0 Å².